The van der Waals surface area contributed by atoms with Gasteiger partial charge in [0.05, 0.1) is 6.61 Å². The quantitative estimate of drug-likeness (QED) is 0.796. The summed E-state index contributed by atoms with van der Waals surface area (Å²) in [6.07, 6.45) is 1.92. The van der Waals surface area contributed by atoms with Gasteiger partial charge in [0.1, 0.15) is 11.6 Å². The van der Waals surface area contributed by atoms with E-state index in [1.54, 1.807) is 12.1 Å². The van der Waals surface area contributed by atoms with E-state index in [2.05, 4.69) is 16.8 Å². The molecule has 0 bridgehead atoms. The predicted octanol–water partition coefficient (Wildman–Crippen LogP) is 2.40. The molecule has 0 aromatic heterocycles. The third-order valence-corrected chi connectivity index (χ3v) is 3.84. The molecular formula is C16H25FN2O. The van der Waals surface area contributed by atoms with Gasteiger partial charge in [-0.15, -0.1) is 0 Å². The van der Waals surface area contributed by atoms with Crippen molar-refractivity contribution in [2.75, 3.05) is 46.4 Å². The van der Waals surface area contributed by atoms with Crippen LogP contribution in [0.15, 0.2) is 18.2 Å². The van der Waals surface area contributed by atoms with Gasteiger partial charge >= 0.3 is 0 Å². The predicted molar refractivity (Wildman–Crippen MR) is 79.8 cm³/mol. The molecule has 2 rings (SSSR count). The molecule has 0 unspecified atom stereocenters. The van der Waals surface area contributed by atoms with Gasteiger partial charge in [0.2, 0.25) is 0 Å². The van der Waals surface area contributed by atoms with Gasteiger partial charge in [0.25, 0.3) is 0 Å². The van der Waals surface area contributed by atoms with Crippen LogP contribution in [0.4, 0.5) is 4.39 Å². The Bertz CT molecular complexity index is 417. The van der Waals surface area contributed by atoms with Gasteiger partial charge in [-0.25, -0.2) is 4.39 Å². The number of piperazine rings is 1. The van der Waals surface area contributed by atoms with Crippen LogP contribution in [0.1, 0.15) is 18.9 Å². The largest absolute Gasteiger partial charge is 0.494 e. The molecule has 1 saturated heterocycles. The lowest BCUT2D eigenvalue weighted by molar-refractivity contribution is 0.153. The molecule has 0 N–H and O–H groups in total. The Hall–Kier alpha value is -1.13. The zero-order valence-electron chi connectivity index (χ0n) is 12.6. The topological polar surface area (TPSA) is 15.7 Å². The van der Waals surface area contributed by atoms with E-state index in [1.807, 2.05) is 6.92 Å². The first kappa shape index (κ1) is 15.3. The first-order valence-corrected chi connectivity index (χ1v) is 7.51. The van der Waals surface area contributed by atoms with Gasteiger partial charge in [0.15, 0.2) is 0 Å². The first-order valence-electron chi connectivity index (χ1n) is 7.51. The third kappa shape index (κ3) is 4.46. The van der Waals surface area contributed by atoms with Crippen LogP contribution >= 0.6 is 0 Å². The molecule has 1 heterocycles. The lowest BCUT2D eigenvalue weighted by Crippen LogP contribution is -2.44. The second kappa shape index (κ2) is 7.60. The van der Waals surface area contributed by atoms with Crippen molar-refractivity contribution < 1.29 is 9.13 Å². The van der Waals surface area contributed by atoms with E-state index in [1.165, 1.54) is 6.07 Å². The molecule has 0 spiro atoms. The number of ether oxygens (including phenoxy) is 1. The van der Waals surface area contributed by atoms with Crippen LogP contribution in [0, 0.1) is 5.82 Å². The summed E-state index contributed by atoms with van der Waals surface area (Å²) in [5.74, 6) is 0.648. The maximum absolute atomic E-state index is 13.3. The highest BCUT2D eigenvalue weighted by atomic mass is 19.1. The minimum absolute atomic E-state index is 0.178. The van der Waals surface area contributed by atoms with Crippen LogP contribution < -0.4 is 4.74 Å². The van der Waals surface area contributed by atoms with Crippen LogP contribution in [-0.4, -0.2) is 56.2 Å². The molecule has 3 nitrogen and oxygen atoms in total. The van der Waals surface area contributed by atoms with Crippen LogP contribution in [0.5, 0.6) is 5.75 Å². The number of hydrogen-bond donors (Lipinski definition) is 0. The molecule has 1 aliphatic rings. The Morgan fingerprint density at radius 1 is 1.20 bits per heavy atom. The molecule has 20 heavy (non-hydrogen) atoms. The average molecular weight is 280 g/mol. The van der Waals surface area contributed by atoms with E-state index >= 15 is 0 Å². The van der Waals surface area contributed by atoms with Gasteiger partial charge in [-0.2, -0.15) is 0 Å². The van der Waals surface area contributed by atoms with Crippen LogP contribution in [0.2, 0.25) is 0 Å². The lowest BCUT2D eigenvalue weighted by Gasteiger charge is -2.32. The molecule has 1 fully saturated rings. The number of aryl methyl sites for hydroxylation is 1. The Kier molecular flexibility index (Phi) is 5.80. The summed E-state index contributed by atoms with van der Waals surface area (Å²) in [6.45, 7) is 8.22. The van der Waals surface area contributed by atoms with Gasteiger partial charge in [-0.1, -0.05) is 0 Å². The molecule has 0 radical (unpaired) electrons. The van der Waals surface area contributed by atoms with E-state index < -0.39 is 0 Å². The zero-order valence-corrected chi connectivity index (χ0v) is 12.6. The summed E-state index contributed by atoms with van der Waals surface area (Å²) in [5, 5.41) is 0. The molecule has 1 aliphatic heterocycles. The van der Waals surface area contributed by atoms with Gasteiger partial charge in [-0.3, -0.25) is 0 Å². The number of likely N-dealkylation sites (N-methyl/N-ethyl adjacent to an activating group) is 1. The van der Waals surface area contributed by atoms with Crippen LogP contribution in [-0.2, 0) is 6.42 Å². The maximum atomic E-state index is 13.3. The lowest BCUT2D eigenvalue weighted by atomic mass is 10.1. The van der Waals surface area contributed by atoms with Gasteiger partial charge < -0.3 is 14.5 Å². The monoisotopic (exact) mass is 280 g/mol. The van der Waals surface area contributed by atoms with Crippen molar-refractivity contribution in [1.82, 2.24) is 9.80 Å². The molecule has 0 atom stereocenters. The van der Waals surface area contributed by atoms with Crippen LogP contribution in [0.25, 0.3) is 0 Å². The standard InChI is InChI=1S/C16H25FN2O/c1-3-20-16-7-6-15(17)13-14(16)5-4-8-19-11-9-18(2)10-12-19/h6-7,13H,3-5,8-12H2,1-2H3. The minimum Gasteiger partial charge on any atom is -0.494 e. The minimum atomic E-state index is -0.178. The number of rotatable bonds is 6. The van der Waals surface area contributed by atoms with Crippen molar-refractivity contribution in [1.29, 1.82) is 0 Å². The van der Waals surface area contributed by atoms with Crippen molar-refractivity contribution in [2.24, 2.45) is 0 Å². The molecular weight excluding hydrogens is 255 g/mol. The molecule has 4 heteroatoms. The Labute approximate surface area is 121 Å². The van der Waals surface area contributed by atoms with Crippen molar-refractivity contribution in [2.45, 2.75) is 19.8 Å². The highest BCUT2D eigenvalue weighted by Gasteiger charge is 2.13. The summed E-state index contributed by atoms with van der Waals surface area (Å²) in [4.78, 5) is 4.84. The molecule has 1 aromatic carbocycles. The first-order chi connectivity index (χ1) is 9.69. The highest BCUT2D eigenvalue weighted by molar-refractivity contribution is 5.34. The van der Waals surface area contributed by atoms with E-state index in [9.17, 15) is 4.39 Å². The molecule has 0 saturated carbocycles. The number of benzene rings is 1. The normalized spacial score (nSPS) is 17.4. The van der Waals surface area contributed by atoms with Crippen molar-refractivity contribution in [3.63, 3.8) is 0 Å². The highest BCUT2D eigenvalue weighted by Crippen LogP contribution is 2.21. The maximum Gasteiger partial charge on any atom is 0.123 e. The van der Waals surface area contributed by atoms with E-state index in [0.717, 1.165) is 56.9 Å². The second-order valence-corrected chi connectivity index (χ2v) is 5.43. The fourth-order valence-electron chi connectivity index (χ4n) is 2.60. The summed E-state index contributed by atoms with van der Waals surface area (Å²) in [5.41, 5.74) is 0.987. The Morgan fingerprint density at radius 3 is 2.65 bits per heavy atom. The fraction of sp³-hybridized carbons (Fsp3) is 0.625. The van der Waals surface area contributed by atoms with Gasteiger partial charge in [-0.05, 0) is 57.1 Å². The van der Waals surface area contributed by atoms with Crippen LogP contribution in [0.3, 0.4) is 0 Å². The Morgan fingerprint density at radius 2 is 1.95 bits per heavy atom. The second-order valence-electron chi connectivity index (χ2n) is 5.43. The van der Waals surface area contributed by atoms with Gasteiger partial charge in [0, 0.05) is 26.2 Å². The van der Waals surface area contributed by atoms with Crippen molar-refractivity contribution >= 4 is 0 Å². The van der Waals surface area contributed by atoms with E-state index in [-0.39, 0.29) is 5.82 Å². The van der Waals surface area contributed by atoms with Crippen molar-refractivity contribution in [3.8, 4) is 5.75 Å². The smallest absolute Gasteiger partial charge is 0.123 e. The molecule has 0 amide bonds. The molecule has 112 valence electrons. The summed E-state index contributed by atoms with van der Waals surface area (Å²) in [6, 6.07) is 4.81. The Balaban J connectivity index is 1.82. The fourth-order valence-corrected chi connectivity index (χ4v) is 2.60. The summed E-state index contributed by atoms with van der Waals surface area (Å²) < 4.78 is 18.9. The summed E-state index contributed by atoms with van der Waals surface area (Å²) >= 11 is 0. The summed E-state index contributed by atoms with van der Waals surface area (Å²) in [7, 11) is 2.17. The molecule has 0 aliphatic carbocycles. The number of nitrogens with zero attached hydrogens (tertiary/aromatic N) is 2. The zero-order chi connectivity index (χ0) is 14.4. The van der Waals surface area contributed by atoms with E-state index in [4.69, 9.17) is 4.74 Å². The SMILES string of the molecule is CCOc1ccc(F)cc1CCCN1CCN(C)CC1. The average Bonchev–Trinajstić information content (AvgIpc) is 2.44. The number of hydrogen-bond acceptors (Lipinski definition) is 3. The van der Waals surface area contributed by atoms with Crippen molar-refractivity contribution in [3.05, 3.63) is 29.6 Å². The van der Waals surface area contributed by atoms with E-state index in [0.29, 0.717) is 6.61 Å². The number of halogens is 1. The third-order valence-electron chi connectivity index (χ3n) is 3.84. The molecule has 1 aromatic rings.